The fourth-order valence-electron chi connectivity index (χ4n) is 1.94. The van der Waals surface area contributed by atoms with E-state index in [1.165, 1.54) is 44.1 Å². The van der Waals surface area contributed by atoms with Crippen molar-refractivity contribution in [2.24, 2.45) is 0 Å². The molecule has 0 spiro atoms. The number of hydrogen-bond acceptors (Lipinski definition) is 1. The molecular formula is C16H25OP. The second-order valence-electron chi connectivity index (χ2n) is 4.74. The fourth-order valence-corrected chi connectivity index (χ4v) is 2.28. The van der Waals surface area contributed by atoms with E-state index in [4.69, 9.17) is 0 Å². The van der Waals surface area contributed by atoms with Crippen LogP contribution in [0.25, 0.3) is 0 Å². The highest BCUT2D eigenvalue weighted by Crippen LogP contribution is 2.07. The summed E-state index contributed by atoms with van der Waals surface area (Å²) >= 11 is 0. The van der Waals surface area contributed by atoms with Gasteiger partial charge in [-0.1, -0.05) is 69.0 Å². The summed E-state index contributed by atoms with van der Waals surface area (Å²) < 4.78 is 10.7. The third kappa shape index (κ3) is 6.81. The third-order valence-electron chi connectivity index (χ3n) is 3.11. The lowest BCUT2D eigenvalue weighted by Crippen LogP contribution is -1.90. The van der Waals surface area contributed by atoms with E-state index in [2.05, 4.69) is 31.2 Å². The summed E-state index contributed by atoms with van der Waals surface area (Å²) in [6, 6.07) is 8.09. The number of unbranched alkanes of at least 4 members (excludes halogenated alkanes) is 5. The minimum absolute atomic E-state index is 0.785. The lowest BCUT2D eigenvalue weighted by molar-refractivity contribution is 0.603. The summed E-state index contributed by atoms with van der Waals surface area (Å²) in [5.41, 5.74) is 1.30. The van der Waals surface area contributed by atoms with E-state index in [0.717, 1.165) is 11.7 Å². The van der Waals surface area contributed by atoms with Crippen molar-refractivity contribution in [2.75, 3.05) is 0 Å². The molecule has 0 aliphatic heterocycles. The molecule has 0 radical (unpaired) electrons. The van der Waals surface area contributed by atoms with Gasteiger partial charge in [0.25, 0.3) is 0 Å². The van der Waals surface area contributed by atoms with Crippen molar-refractivity contribution in [3.05, 3.63) is 42.0 Å². The Kier molecular flexibility index (Phi) is 8.59. The highest BCUT2D eigenvalue weighted by Gasteiger charge is 1.91. The van der Waals surface area contributed by atoms with Gasteiger partial charge in [0, 0.05) is 5.30 Å². The first-order valence-electron chi connectivity index (χ1n) is 7.06. The second-order valence-corrected chi connectivity index (χ2v) is 5.64. The van der Waals surface area contributed by atoms with Crippen molar-refractivity contribution in [2.45, 2.75) is 51.9 Å². The molecule has 0 aromatic heterocycles. The summed E-state index contributed by atoms with van der Waals surface area (Å²) in [5.74, 6) is 0. The van der Waals surface area contributed by atoms with Crippen LogP contribution in [0.2, 0.25) is 0 Å². The molecule has 1 aromatic rings. The average molecular weight is 264 g/mol. The van der Waals surface area contributed by atoms with Crippen LogP contribution in [0.5, 0.6) is 0 Å². The van der Waals surface area contributed by atoms with Gasteiger partial charge in [-0.2, -0.15) is 0 Å². The first kappa shape index (κ1) is 15.2. The van der Waals surface area contributed by atoms with Gasteiger partial charge >= 0.3 is 0 Å². The van der Waals surface area contributed by atoms with Crippen molar-refractivity contribution < 1.29 is 4.57 Å². The molecule has 0 N–H and O–H groups in total. The van der Waals surface area contributed by atoms with Crippen LogP contribution < -0.4 is 5.30 Å². The normalized spacial score (nSPS) is 11.8. The van der Waals surface area contributed by atoms with E-state index in [1.807, 2.05) is 12.1 Å². The molecule has 2 heteroatoms. The van der Waals surface area contributed by atoms with Gasteiger partial charge in [-0.15, -0.1) is 0 Å². The van der Waals surface area contributed by atoms with Gasteiger partial charge in [0.15, 0.2) is 0 Å². The molecule has 18 heavy (non-hydrogen) atoms. The van der Waals surface area contributed by atoms with Crippen molar-refractivity contribution in [3.63, 3.8) is 0 Å². The van der Waals surface area contributed by atoms with E-state index in [0.29, 0.717) is 0 Å². The fraction of sp³-hybridized carbons (Fsp3) is 0.500. The number of benzene rings is 1. The lowest BCUT2D eigenvalue weighted by Gasteiger charge is -1.98. The number of rotatable bonds is 9. The zero-order valence-electron chi connectivity index (χ0n) is 11.4. The van der Waals surface area contributed by atoms with Gasteiger partial charge in [0.05, 0.1) is 8.46 Å². The zero-order valence-corrected chi connectivity index (χ0v) is 12.6. The topological polar surface area (TPSA) is 17.1 Å². The average Bonchev–Trinajstić information content (AvgIpc) is 2.42. The minimum Gasteiger partial charge on any atom is -0.325 e. The Morgan fingerprint density at radius 1 is 1.00 bits per heavy atom. The summed E-state index contributed by atoms with van der Waals surface area (Å²) in [6.45, 7) is 2.25. The molecule has 0 heterocycles. The lowest BCUT2D eigenvalue weighted by atomic mass is 10.1. The van der Waals surface area contributed by atoms with Gasteiger partial charge in [0.2, 0.25) is 0 Å². The van der Waals surface area contributed by atoms with Crippen molar-refractivity contribution in [1.29, 1.82) is 0 Å². The highest BCUT2D eigenvalue weighted by atomic mass is 31.1. The first-order chi connectivity index (χ1) is 8.86. The predicted octanol–water partition coefficient (Wildman–Crippen LogP) is 4.53. The largest absolute Gasteiger partial charge is 0.325 e. The van der Waals surface area contributed by atoms with Crippen LogP contribution >= 0.6 is 8.46 Å². The summed E-state index contributed by atoms with van der Waals surface area (Å²) in [4.78, 5) is 0. The quantitative estimate of drug-likeness (QED) is 0.364. The minimum atomic E-state index is -0.785. The molecule has 1 aromatic carbocycles. The van der Waals surface area contributed by atoms with E-state index >= 15 is 0 Å². The molecule has 100 valence electrons. The Morgan fingerprint density at radius 2 is 1.72 bits per heavy atom. The summed E-state index contributed by atoms with van der Waals surface area (Å²) in [7, 11) is -0.785. The first-order valence-corrected chi connectivity index (χ1v) is 8.10. The van der Waals surface area contributed by atoms with Crippen molar-refractivity contribution >= 4 is 13.8 Å². The summed E-state index contributed by atoms with van der Waals surface area (Å²) in [5, 5.41) is 0.957. The van der Waals surface area contributed by atoms with Gasteiger partial charge < -0.3 is 4.57 Å². The molecule has 0 saturated carbocycles. The second kappa shape index (κ2) is 10.1. The van der Waals surface area contributed by atoms with Crippen LogP contribution in [-0.4, -0.2) is 0 Å². The van der Waals surface area contributed by atoms with E-state index < -0.39 is 8.46 Å². The zero-order chi connectivity index (χ0) is 13.1. The molecule has 0 saturated heterocycles. The number of allylic oxidation sites excluding steroid dienone is 2. The van der Waals surface area contributed by atoms with E-state index in [9.17, 15) is 4.57 Å². The Hall–Kier alpha value is -0.810. The SMILES string of the molecule is CCCCCCCC=CCc1ccc([PH2]=O)cc1. The van der Waals surface area contributed by atoms with Crippen LogP contribution in [0.3, 0.4) is 0 Å². The molecule has 0 aliphatic carbocycles. The van der Waals surface area contributed by atoms with E-state index in [-0.39, 0.29) is 0 Å². The smallest absolute Gasteiger partial charge is 0.0921 e. The number of hydrogen-bond donors (Lipinski definition) is 0. The van der Waals surface area contributed by atoms with E-state index in [1.54, 1.807) is 0 Å². The van der Waals surface area contributed by atoms with Gasteiger partial charge in [-0.05, 0) is 24.8 Å². The van der Waals surface area contributed by atoms with Crippen molar-refractivity contribution in [3.8, 4) is 0 Å². The van der Waals surface area contributed by atoms with Crippen LogP contribution in [0.1, 0.15) is 51.0 Å². The van der Waals surface area contributed by atoms with Gasteiger partial charge in [-0.3, -0.25) is 0 Å². The summed E-state index contributed by atoms with van der Waals surface area (Å²) in [6.07, 6.45) is 13.5. The van der Waals surface area contributed by atoms with Crippen LogP contribution in [0.15, 0.2) is 36.4 Å². The van der Waals surface area contributed by atoms with Crippen molar-refractivity contribution in [1.82, 2.24) is 0 Å². The Morgan fingerprint density at radius 3 is 2.39 bits per heavy atom. The van der Waals surface area contributed by atoms with Crippen LogP contribution in [-0.2, 0) is 11.0 Å². The Bertz CT molecular complexity index is 354. The third-order valence-corrected chi connectivity index (χ3v) is 3.77. The monoisotopic (exact) mass is 264 g/mol. The maximum absolute atomic E-state index is 10.7. The molecule has 0 bridgehead atoms. The van der Waals surface area contributed by atoms with Gasteiger partial charge in [-0.25, -0.2) is 0 Å². The molecule has 0 amide bonds. The molecular weight excluding hydrogens is 239 g/mol. The molecule has 0 aliphatic rings. The molecule has 1 rings (SSSR count). The van der Waals surface area contributed by atoms with Gasteiger partial charge in [0.1, 0.15) is 0 Å². The highest BCUT2D eigenvalue weighted by molar-refractivity contribution is 7.34. The predicted molar refractivity (Wildman–Crippen MR) is 82.7 cm³/mol. The molecule has 1 atom stereocenters. The maximum Gasteiger partial charge on any atom is 0.0921 e. The molecule has 1 unspecified atom stereocenters. The Labute approximate surface area is 113 Å². The maximum atomic E-state index is 10.7. The van der Waals surface area contributed by atoms with Crippen LogP contribution in [0, 0.1) is 0 Å². The molecule has 1 nitrogen and oxygen atoms in total. The molecule has 0 fully saturated rings. The standard InChI is InChI=1S/C16H25OP/c1-2-3-4-5-6-7-8-9-10-15-11-13-16(18-17)14-12-15/h8-9,11-14H,2-7,10,18H2,1H3. The van der Waals surface area contributed by atoms with Crippen LogP contribution in [0.4, 0.5) is 0 Å². The Balaban J connectivity index is 2.13.